The molecule has 1 unspecified atom stereocenters. The standard InChI is InChI=1S/C18H18ClN5O4/c1-4-7-23-18(28)24(11-6-5-10(2)13(19)8-11)16(26)14(21-23)12-9-20-22(3)17(27)15(12)25/h5-6,8-9,12H,4,7H2,1-3H3. The Labute approximate surface area is 164 Å². The fourth-order valence-electron chi connectivity index (χ4n) is 2.81. The predicted octanol–water partition coefficient (Wildman–Crippen LogP) is 0.877. The maximum atomic E-state index is 13.1. The number of hydrogen-bond donors (Lipinski definition) is 0. The Kier molecular flexibility index (Phi) is 5.28. The largest absolute Gasteiger partial charge is 0.352 e. The Balaban J connectivity index is 2.29. The van der Waals surface area contributed by atoms with Gasteiger partial charge in [0.15, 0.2) is 0 Å². The van der Waals surface area contributed by atoms with Crippen LogP contribution in [-0.2, 0) is 16.1 Å². The van der Waals surface area contributed by atoms with Gasteiger partial charge in [0.1, 0.15) is 11.6 Å². The van der Waals surface area contributed by atoms with Crippen LogP contribution < -0.4 is 11.2 Å². The van der Waals surface area contributed by atoms with Crippen molar-refractivity contribution in [3.8, 4) is 5.69 Å². The maximum absolute atomic E-state index is 13.1. The fourth-order valence-corrected chi connectivity index (χ4v) is 2.98. The fraction of sp³-hybridized carbons (Fsp3) is 0.333. The topological polar surface area (TPSA) is 107 Å². The number of hydrazone groups is 1. The summed E-state index contributed by atoms with van der Waals surface area (Å²) in [4.78, 5) is 50.3. The summed E-state index contributed by atoms with van der Waals surface area (Å²) in [5.74, 6) is -2.95. The summed E-state index contributed by atoms with van der Waals surface area (Å²) in [6, 6.07) is 4.76. The Hall–Kier alpha value is -3.07. The molecule has 146 valence electrons. The van der Waals surface area contributed by atoms with E-state index in [2.05, 4.69) is 10.2 Å². The van der Waals surface area contributed by atoms with Crippen LogP contribution in [0.1, 0.15) is 30.5 Å². The second-order valence-electron chi connectivity index (χ2n) is 6.40. The number of nitrogens with zero attached hydrogens (tertiary/aromatic N) is 5. The number of rotatable bonds is 4. The average molecular weight is 404 g/mol. The van der Waals surface area contributed by atoms with Gasteiger partial charge in [0.25, 0.3) is 5.56 Å². The predicted molar refractivity (Wildman–Crippen MR) is 103 cm³/mol. The van der Waals surface area contributed by atoms with Crippen molar-refractivity contribution in [1.82, 2.24) is 19.4 Å². The van der Waals surface area contributed by atoms with Crippen molar-refractivity contribution < 1.29 is 9.59 Å². The van der Waals surface area contributed by atoms with E-state index < -0.39 is 28.9 Å². The van der Waals surface area contributed by atoms with E-state index in [1.807, 2.05) is 6.92 Å². The van der Waals surface area contributed by atoms with Crippen molar-refractivity contribution in [2.45, 2.75) is 32.7 Å². The van der Waals surface area contributed by atoms with Crippen molar-refractivity contribution in [1.29, 1.82) is 0 Å². The molecule has 2 heterocycles. The lowest BCUT2D eigenvalue weighted by Crippen LogP contribution is -2.46. The van der Waals surface area contributed by atoms with Crippen LogP contribution in [0.4, 0.5) is 0 Å². The molecular weight excluding hydrogens is 386 g/mol. The quantitative estimate of drug-likeness (QED) is 0.704. The first-order chi connectivity index (χ1) is 13.3. The minimum absolute atomic E-state index is 0.234. The van der Waals surface area contributed by atoms with Crippen molar-refractivity contribution in [2.75, 3.05) is 7.05 Å². The molecule has 1 aliphatic heterocycles. The highest BCUT2D eigenvalue weighted by Gasteiger charge is 2.36. The summed E-state index contributed by atoms with van der Waals surface area (Å²) in [5.41, 5.74) is -0.647. The van der Waals surface area contributed by atoms with Crippen molar-refractivity contribution in [2.24, 2.45) is 5.10 Å². The molecule has 28 heavy (non-hydrogen) atoms. The smallest absolute Gasteiger partial charge is 0.287 e. The summed E-state index contributed by atoms with van der Waals surface area (Å²) in [5, 5.41) is 9.18. The van der Waals surface area contributed by atoms with E-state index in [1.54, 1.807) is 19.1 Å². The van der Waals surface area contributed by atoms with Gasteiger partial charge in [-0.05, 0) is 31.0 Å². The number of carbonyl (C=O) groups is 2. The molecule has 1 amide bonds. The number of hydrogen-bond acceptors (Lipinski definition) is 6. The van der Waals surface area contributed by atoms with Crippen molar-refractivity contribution in [3.63, 3.8) is 0 Å². The Bertz CT molecular complexity index is 1120. The molecule has 0 bridgehead atoms. The first-order valence-electron chi connectivity index (χ1n) is 8.62. The number of aryl methyl sites for hydroxylation is 2. The number of Topliss-reactive ketones (excluding diaryl/α,β-unsaturated/α-hetero) is 1. The average Bonchev–Trinajstić information content (AvgIpc) is 2.66. The van der Waals surface area contributed by atoms with Crippen molar-refractivity contribution >= 4 is 29.5 Å². The number of amides is 1. The van der Waals surface area contributed by atoms with Crippen LogP contribution in [0.5, 0.6) is 0 Å². The van der Waals surface area contributed by atoms with Crippen LogP contribution in [-0.4, -0.2) is 44.3 Å². The first kappa shape index (κ1) is 19.7. The highest BCUT2D eigenvalue weighted by Crippen LogP contribution is 2.19. The van der Waals surface area contributed by atoms with Gasteiger partial charge < -0.3 is 0 Å². The molecule has 1 aromatic carbocycles. The van der Waals surface area contributed by atoms with Gasteiger partial charge in [-0.25, -0.2) is 19.1 Å². The SMILES string of the molecule is CCCn1nc(C2C=NN(C)C(=O)C2=O)c(=O)n(-c2ccc(C)c(Cl)c2)c1=O. The normalized spacial score (nSPS) is 16.7. The molecule has 1 atom stereocenters. The van der Waals surface area contributed by atoms with Gasteiger partial charge in [-0.15, -0.1) is 0 Å². The van der Waals surface area contributed by atoms with E-state index in [0.29, 0.717) is 11.4 Å². The van der Waals surface area contributed by atoms with Gasteiger partial charge in [-0.2, -0.15) is 10.2 Å². The second-order valence-corrected chi connectivity index (χ2v) is 6.81. The van der Waals surface area contributed by atoms with Crippen LogP contribution in [0.25, 0.3) is 5.69 Å². The number of aromatic nitrogens is 3. The second kappa shape index (κ2) is 7.51. The molecule has 0 fully saturated rings. The summed E-state index contributed by atoms with van der Waals surface area (Å²) in [6.07, 6.45) is 1.76. The summed E-state index contributed by atoms with van der Waals surface area (Å²) < 4.78 is 2.02. The van der Waals surface area contributed by atoms with Crippen LogP contribution >= 0.6 is 11.6 Å². The summed E-state index contributed by atoms with van der Waals surface area (Å²) in [6.45, 7) is 3.87. The van der Waals surface area contributed by atoms with E-state index in [-0.39, 0.29) is 17.9 Å². The number of halogens is 1. The molecule has 9 nitrogen and oxygen atoms in total. The molecule has 0 aliphatic carbocycles. The molecule has 0 spiro atoms. The zero-order valence-corrected chi connectivity index (χ0v) is 16.3. The number of likely N-dealkylation sites (N-methyl/N-ethyl adjacent to an activating group) is 1. The minimum atomic E-state index is -1.26. The van der Waals surface area contributed by atoms with Gasteiger partial charge in [-0.1, -0.05) is 24.6 Å². The third kappa shape index (κ3) is 3.29. The summed E-state index contributed by atoms with van der Waals surface area (Å²) >= 11 is 6.15. The van der Waals surface area contributed by atoms with E-state index >= 15 is 0 Å². The van der Waals surface area contributed by atoms with Crippen LogP contribution in [0.2, 0.25) is 5.02 Å². The van der Waals surface area contributed by atoms with Gasteiger partial charge in [0.2, 0.25) is 5.78 Å². The third-order valence-electron chi connectivity index (χ3n) is 4.38. The minimum Gasteiger partial charge on any atom is -0.287 e. The Morgan fingerprint density at radius 2 is 1.89 bits per heavy atom. The zero-order valence-electron chi connectivity index (χ0n) is 15.5. The molecule has 1 aromatic heterocycles. The van der Waals surface area contributed by atoms with Gasteiger partial charge in [0, 0.05) is 24.8 Å². The Morgan fingerprint density at radius 1 is 1.18 bits per heavy atom. The molecule has 10 heteroatoms. The van der Waals surface area contributed by atoms with Gasteiger partial charge in [0.05, 0.1) is 5.69 Å². The van der Waals surface area contributed by atoms with Gasteiger partial charge >= 0.3 is 11.6 Å². The van der Waals surface area contributed by atoms with Crippen molar-refractivity contribution in [3.05, 3.63) is 55.3 Å². The number of ketones is 1. The highest BCUT2D eigenvalue weighted by atomic mass is 35.5. The molecule has 0 N–H and O–H groups in total. The van der Waals surface area contributed by atoms with Crippen LogP contribution in [0.3, 0.4) is 0 Å². The number of carbonyl (C=O) groups excluding carboxylic acids is 2. The maximum Gasteiger partial charge on any atom is 0.352 e. The monoisotopic (exact) mass is 403 g/mol. The van der Waals surface area contributed by atoms with Crippen LogP contribution in [0.15, 0.2) is 32.9 Å². The first-order valence-corrected chi connectivity index (χ1v) is 9.00. The van der Waals surface area contributed by atoms with E-state index in [9.17, 15) is 19.2 Å². The molecular formula is C18H18ClN5O4. The van der Waals surface area contributed by atoms with Gasteiger partial charge in [-0.3, -0.25) is 14.4 Å². The molecule has 0 radical (unpaired) electrons. The van der Waals surface area contributed by atoms with E-state index in [0.717, 1.165) is 19.8 Å². The lowest BCUT2D eigenvalue weighted by atomic mass is 10.00. The van der Waals surface area contributed by atoms with E-state index in [1.165, 1.54) is 19.3 Å². The Morgan fingerprint density at radius 3 is 2.54 bits per heavy atom. The summed E-state index contributed by atoms with van der Waals surface area (Å²) in [7, 11) is 1.34. The zero-order chi connectivity index (χ0) is 20.6. The molecule has 2 aromatic rings. The molecule has 3 rings (SSSR count). The lowest BCUT2D eigenvalue weighted by Gasteiger charge is -2.20. The van der Waals surface area contributed by atoms with E-state index in [4.69, 9.17) is 11.6 Å². The highest BCUT2D eigenvalue weighted by molar-refractivity contribution is 6.42. The third-order valence-corrected chi connectivity index (χ3v) is 4.79. The van der Waals surface area contributed by atoms with Crippen LogP contribution in [0, 0.1) is 6.92 Å². The molecule has 1 aliphatic rings. The molecule has 0 saturated heterocycles. The number of benzene rings is 1. The lowest BCUT2D eigenvalue weighted by molar-refractivity contribution is -0.144. The molecule has 0 saturated carbocycles.